The molecule has 0 aliphatic carbocycles. The summed E-state index contributed by atoms with van der Waals surface area (Å²) in [4.78, 5) is 11.3. The Labute approximate surface area is 140 Å². The van der Waals surface area contributed by atoms with Crippen molar-refractivity contribution < 1.29 is 9.53 Å². The maximum absolute atomic E-state index is 11.3. The van der Waals surface area contributed by atoms with Gasteiger partial charge in [0.15, 0.2) is 5.76 Å². The van der Waals surface area contributed by atoms with Crippen LogP contribution in [0.2, 0.25) is 0 Å². The van der Waals surface area contributed by atoms with Crippen LogP contribution >= 0.6 is 11.8 Å². The number of benzene rings is 2. The van der Waals surface area contributed by atoms with Crippen LogP contribution in [0.4, 0.5) is 0 Å². The lowest BCUT2D eigenvalue weighted by Crippen LogP contribution is -2.35. The van der Waals surface area contributed by atoms with Crippen LogP contribution in [0.5, 0.6) is 0 Å². The molecule has 1 aliphatic rings. The molecule has 0 fully saturated rings. The summed E-state index contributed by atoms with van der Waals surface area (Å²) >= 11 is 1.47. The third kappa shape index (κ3) is 3.59. The van der Waals surface area contributed by atoms with Gasteiger partial charge in [-0.1, -0.05) is 72.4 Å². The molecule has 2 aromatic carbocycles. The van der Waals surface area contributed by atoms with Crippen LogP contribution in [0, 0.1) is 0 Å². The van der Waals surface area contributed by atoms with E-state index in [0.29, 0.717) is 5.75 Å². The summed E-state index contributed by atoms with van der Waals surface area (Å²) in [5.41, 5.74) is 3.04. The lowest BCUT2D eigenvalue weighted by Gasteiger charge is -2.25. The van der Waals surface area contributed by atoms with Gasteiger partial charge in [-0.05, 0) is 6.92 Å². The van der Waals surface area contributed by atoms with E-state index in [2.05, 4.69) is 17.4 Å². The van der Waals surface area contributed by atoms with E-state index in [9.17, 15) is 4.79 Å². The molecule has 1 aliphatic heterocycles. The molecule has 0 radical (unpaired) electrons. The Hall–Kier alpha value is -2.20. The fourth-order valence-electron chi connectivity index (χ4n) is 2.46. The van der Waals surface area contributed by atoms with Gasteiger partial charge in [-0.15, -0.1) is 0 Å². The smallest absolute Gasteiger partial charge is 0.227 e. The molecule has 0 amide bonds. The average molecular weight is 325 g/mol. The van der Waals surface area contributed by atoms with Crippen molar-refractivity contribution in [1.29, 1.82) is 0 Å². The predicted molar refractivity (Wildman–Crippen MR) is 95.5 cm³/mol. The number of nitrogens with one attached hydrogen (secondary N) is 1. The number of carbonyl (C=O) groups is 1. The Morgan fingerprint density at radius 2 is 1.61 bits per heavy atom. The van der Waals surface area contributed by atoms with Crippen molar-refractivity contribution >= 4 is 29.0 Å². The Morgan fingerprint density at radius 3 is 2.17 bits per heavy atom. The molecule has 2 aromatic rings. The third-order valence-corrected chi connectivity index (χ3v) is 4.81. The number of hydrogen-bond acceptors (Lipinski definition) is 4. The van der Waals surface area contributed by atoms with Gasteiger partial charge >= 0.3 is 0 Å². The monoisotopic (exact) mass is 325 g/mol. The van der Waals surface area contributed by atoms with Gasteiger partial charge in [0.25, 0.3) is 0 Å². The Kier molecular flexibility index (Phi) is 4.44. The number of hydrogen-bond donors (Lipinski definition) is 1. The molecule has 0 bridgehead atoms. The zero-order valence-corrected chi connectivity index (χ0v) is 14.0. The van der Waals surface area contributed by atoms with Crippen LogP contribution in [-0.4, -0.2) is 16.6 Å². The number of ether oxygens (including phenoxy) is 1. The molecule has 23 heavy (non-hydrogen) atoms. The van der Waals surface area contributed by atoms with Gasteiger partial charge in [0.2, 0.25) is 5.06 Å². The Morgan fingerprint density at radius 1 is 1.04 bits per heavy atom. The second-order valence-electron chi connectivity index (χ2n) is 5.60. The van der Waals surface area contributed by atoms with Crippen LogP contribution in [0.1, 0.15) is 25.0 Å². The van der Waals surface area contributed by atoms with Crippen LogP contribution in [-0.2, 0) is 9.53 Å². The minimum atomic E-state index is -0.651. The van der Waals surface area contributed by atoms with Crippen molar-refractivity contribution in [3.05, 3.63) is 71.8 Å². The summed E-state index contributed by atoms with van der Waals surface area (Å²) in [5.74, 6) is 1.36. The van der Waals surface area contributed by atoms with E-state index in [1.807, 2.05) is 55.5 Å². The predicted octanol–water partition coefficient (Wildman–Crippen LogP) is 4.13. The van der Waals surface area contributed by atoms with Crippen molar-refractivity contribution in [1.82, 2.24) is 5.32 Å². The Bertz CT molecular complexity index is 674. The first-order valence-corrected chi connectivity index (χ1v) is 8.52. The van der Waals surface area contributed by atoms with Gasteiger partial charge in [-0.2, -0.15) is 0 Å². The number of rotatable bonds is 5. The first-order chi connectivity index (χ1) is 11.1. The van der Waals surface area contributed by atoms with Crippen molar-refractivity contribution in [2.45, 2.75) is 18.9 Å². The highest BCUT2D eigenvalue weighted by atomic mass is 32.2. The second-order valence-corrected chi connectivity index (χ2v) is 6.96. The molecule has 4 heteroatoms. The fraction of sp³-hybridized carbons (Fsp3) is 0.211. The van der Waals surface area contributed by atoms with E-state index in [1.54, 1.807) is 6.92 Å². The van der Waals surface area contributed by atoms with Crippen molar-refractivity contribution in [3.8, 4) is 0 Å². The second kappa shape index (κ2) is 6.50. The van der Waals surface area contributed by atoms with Gasteiger partial charge in [0.1, 0.15) is 5.78 Å². The quantitative estimate of drug-likeness (QED) is 0.897. The van der Waals surface area contributed by atoms with E-state index < -0.39 is 5.06 Å². The lowest BCUT2D eigenvalue weighted by atomic mass is 10.1. The molecular formula is C19H19NO2S. The molecule has 1 atom stereocenters. The standard InChI is InChI=1S/C19H19NO2S/c1-14(21)13-23-19(2)20-17(15-9-5-3-6-10-15)18(22-19)16-11-7-4-8-12-16/h3-12,20H,13H2,1-2H3. The van der Waals surface area contributed by atoms with Crippen molar-refractivity contribution in [2.24, 2.45) is 0 Å². The van der Waals surface area contributed by atoms with E-state index in [-0.39, 0.29) is 5.78 Å². The normalized spacial score (nSPS) is 20.1. The Balaban J connectivity index is 1.97. The van der Waals surface area contributed by atoms with Crippen LogP contribution in [0.15, 0.2) is 60.7 Å². The highest BCUT2D eigenvalue weighted by molar-refractivity contribution is 8.01. The largest absolute Gasteiger partial charge is 0.456 e. The molecule has 3 nitrogen and oxygen atoms in total. The number of thioether (sulfide) groups is 1. The van der Waals surface area contributed by atoms with Crippen LogP contribution < -0.4 is 5.32 Å². The first-order valence-electron chi connectivity index (χ1n) is 7.53. The molecule has 0 spiro atoms. The summed E-state index contributed by atoms with van der Waals surface area (Å²) in [6.45, 7) is 3.55. The summed E-state index contributed by atoms with van der Waals surface area (Å²) in [6, 6.07) is 20.1. The zero-order chi connectivity index (χ0) is 16.3. The summed E-state index contributed by atoms with van der Waals surface area (Å²) in [6.07, 6.45) is 0. The number of Topliss-reactive ketones (excluding diaryl/α,β-unsaturated/α-hetero) is 1. The maximum Gasteiger partial charge on any atom is 0.227 e. The summed E-state index contributed by atoms with van der Waals surface area (Å²) < 4.78 is 6.23. The molecule has 3 rings (SSSR count). The van der Waals surface area contributed by atoms with Crippen molar-refractivity contribution in [2.75, 3.05) is 5.75 Å². The van der Waals surface area contributed by atoms with Gasteiger partial charge in [-0.25, -0.2) is 0 Å². The number of carbonyl (C=O) groups excluding carboxylic acids is 1. The van der Waals surface area contributed by atoms with E-state index >= 15 is 0 Å². The number of ketones is 1. The SMILES string of the molecule is CC(=O)CSC1(C)NC(c2ccccc2)=C(c2ccccc2)O1. The van der Waals surface area contributed by atoms with E-state index in [4.69, 9.17) is 4.74 Å². The first kappa shape index (κ1) is 15.7. The van der Waals surface area contributed by atoms with Gasteiger partial charge in [0.05, 0.1) is 11.4 Å². The molecule has 0 saturated carbocycles. The van der Waals surface area contributed by atoms with Gasteiger partial charge in [0, 0.05) is 18.1 Å². The molecule has 1 N–H and O–H groups in total. The third-order valence-electron chi connectivity index (χ3n) is 3.53. The van der Waals surface area contributed by atoms with E-state index in [0.717, 1.165) is 22.6 Å². The van der Waals surface area contributed by atoms with Crippen LogP contribution in [0.25, 0.3) is 11.5 Å². The average Bonchev–Trinajstić information content (AvgIpc) is 2.93. The molecule has 1 unspecified atom stereocenters. The van der Waals surface area contributed by atoms with Crippen LogP contribution in [0.3, 0.4) is 0 Å². The minimum Gasteiger partial charge on any atom is -0.456 e. The summed E-state index contributed by atoms with van der Waals surface area (Å²) in [7, 11) is 0. The van der Waals surface area contributed by atoms with Gasteiger partial charge < -0.3 is 10.1 Å². The molecule has 0 saturated heterocycles. The maximum atomic E-state index is 11.3. The highest BCUT2D eigenvalue weighted by Gasteiger charge is 2.37. The molecule has 118 valence electrons. The lowest BCUT2D eigenvalue weighted by molar-refractivity contribution is -0.114. The van der Waals surface area contributed by atoms with Crippen molar-refractivity contribution in [3.63, 3.8) is 0 Å². The van der Waals surface area contributed by atoms with E-state index in [1.165, 1.54) is 11.8 Å². The topological polar surface area (TPSA) is 38.3 Å². The van der Waals surface area contributed by atoms with Gasteiger partial charge in [-0.3, -0.25) is 4.79 Å². The zero-order valence-electron chi connectivity index (χ0n) is 13.2. The fourth-order valence-corrected chi connectivity index (χ4v) is 3.26. The molecule has 0 aromatic heterocycles. The molecular weight excluding hydrogens is 306 g/mol. The highest BCUT2D eigenvalue weighted by Crippen LogP contribution is 2.41. The summed E-state index contributed by atoms with van der Waals surface area (Å²) in [5, 5.41) is 2.80. The minimum absolute atomic E-state index is 0.135. The molecule has 1 heterocycles.